The van der Waals surface area contributed by atoms with Crippen LogP contribution in [0.5, 0.6) is 0 Å². The Morgan fingerprint density at radius 3 is 2.45 bits per heavy atom. The molecule has 1 fully saturated rings. The minimum Gasteiger partial charge on any atom is -0.366 e. The van der Waals surface area contributed by atoms with Crippen LogP contribution in [0.15, 0.2) is 24.3 Å². The molecule has 20 heavy (non-hydrogen) atoms. The van der Waals surface area contributed by atoms with Gasteiger partial charge in [-0.15, -0.1) is 0 Å². The van der Waals surface area contributed by atoms with Crippen LogP contribution in [-0.2, 0) is 4.79 Å². The van der Waals surface area contributed by atoms with E-state index in [0.717, 1.165) is 32.4 Å². The average Bonchev–Trinajstić information content (AvgIpc) is 2.47. The highest BCUT2D eigenvalue weighted by atomic mass is 16.1. The Bertz CT molecular complexity index is 465. The summed E-state index contributed by atoms with van der Waals surface area (Å²) in [6.45, 7) is 2.11. The summed E-state index contributed by atoms with van der Waals surface area (Å²) in [5, 5.41) is 6.16. The zero-order chi connectivity index (χ0) is 14.4. The molecule has 1 saturated heterocycles. The van der Waals surface area contributed by atoms with Crippen LogP contribution in [0.25, 0.3) is 0 Å². The quantitative estimate of drug-likeness (QED) is 0.761. The Balaban J connectivity index is 1.77. The summed E-state index contributed by atoms with van der Waals surface area (Å²) in [5.74, 6) is 0.211. The molecule has 4 N–H and O–H groups in total. The van der Waals surface area contributed by atoms with Gasteiger partial charge >= 0.3 is 0 Å². The minimum atomic E-state index is -0.464. The maximum Gasteiger partial charge on any atom is 0.248 e. The van der Waals surface area contributed by atoms with Crippen molar-refractivity contribution in [2.24, 2.45) is 11.7 Å². The third-order valence-corrected chi connectivity index (χ3v) is 3.69. The monoisotopic (exact) mass is 275 g/mol. The lowest BCUT2D eigenvalue weighted by atomic mass is 9.93. The van der Waals surface area contributed by atoms with Crippen molar-refractivity contribution < 1.29 is 9.59 Å². The van der Waals surface area contributed by atoms with E-state index >= 15 is 0 Å². The first-order valence-electron chi connectivity index (χ1n) is 7.05. The zero-order valence-corrected chi connectivity index (χ0v) is 11.5. The Morgan fingerprint density at radius 2 is 1.85 bits per heavy atom. The lowest BCUT2D eigenvalue weighted by molar-refractivity contribution is -0.116. The summed E-state index contributed by atoms with van der Waals surface area (Å²) >= 11 is 0. The second kappa shape index (κ2) is 7.05. The van der Waals surface area contributed by atoms with Gasteiger partial charge < -0.3 is 16.4 Å². The van der Waals surface area contributed by atoms with E-state index in [9.17, 15) is 9.59 Å². The Kier molecular flexibility index (Phi) is 5.12. The van der Waals surface area contributed by atoms with E-state index in [1.807, 2.05) is 0 Å². The number of nitrogens with two attached hydrogens (primary N) is 1. The number of carbonyl (C=O) groups excluding carboxylic acids is 2. The van der Waals surface area contributed by atoms with Gasteiger partial charge in [-0.05, 0) is 62.5 Å². The van der Waals surface area contributed by atoms with Crippen LogP contribution in [0.4, 0.5) is 5.69 Å². The maximum atomic E-state index is 11.9. The first kappa shape index (κ1) is 14.5. The molecule has 0 unspecified atom stereocenters. The van der Waals surface area contributed by atoms with Gasteiger partial charge in [-0.1, -0.05) is 0 Å². The van der Waals surface area contributed by atoms with Crippen LogP contribution in [0.3, 0.4) is 0 Å². The third kappa shape index (κ3) is 4.35. The number of nitrogens with one attached hydrogen (secondary N) is 2. The van der Waals surface area contributed by atoms with E-state index < -0.39 is 5.91 Å². The molecule has 0 atom stereocenters. The van der Waals surface area contributed by atoms with Crippen LogP contribution in [0, 0.1) is 5.92 Å². The predicted molar refractivity (Wildman–Crippen MR) is 78.4 cm³/mol. The molecule has 0 aromatic heterocycles. The van der Waals surface area contributed by atoms with E-state index in [4.69, 9.17) is 5.73 Å². The lowest BCUT2D eigenvalue weighted by Crippen LogP contribution is -2.28. The van der Waals surface area contributed by atoms with Crippen LogP contribution in [0.2, 0.25) is 0 Å². The summed E-state index contributed by atoms with van der Waals surface area (Å²) < 4.78 is 0. The molecule has 0 spiro atoms. The van der Waals surface area contributed by atoms with Gasteiger partial charge in [0.1, 0.15) is 0 Å². The summed E-state index contributed by atoms with van der Waals surface area (Å²) in [5.41, 5.74) is 6.31. The normalized spacial score (nSPS) is 15.8. The van der Waals surface area contributed by atoms with Gasteiger partial charge in [0.05, 0.1) is 0 Å². The minimum absolute atomic E-state index is 0.0235. The number of hydrogen-bond donors (Lipinski definition) is 3. The van der Waals surface area contributed by atoms with E-state index in [0.29, 0.717) is 23.6 Å². The zero-order valence-electron chi connectivity index (χ0n) is 11.5. The number of hydrogen-bond acceptors (Lipinski definition) is 3. The number of primary amides is 1. The second-order valence-corrected chi connectivity index (χ2v) is 5.22. The standard InChI is InChI=1S/C15H21N3O2/c16-15(20)12-2-4-13(5-3-12)18-14(19)6-1-11-7-9-17-10-8-11/h2-5,11,17H,1,6-10H2,(H2,16,20)(H,18,19). The first-order valence-corrected chi connectivity index (χ1v) is 7.05. The maximum absolute atomic E-state index is 11.9. The number of carbonyl (C=O) groups is 2. The number of amides is 2. The highest BCUT2D eigenvalue weighted by molar-refractivity contribution is 5.94. The molecule has 0 saturated carbocycles. The van der Waals surface area contributed by atoms with Crippen LogP contribution in [0.1, 0.15) is 36.0 Å². The fourth-order valence-electron chi connectivity index (χ4n) is 2.45. The molecule has 5 nitrogen and oxygen atoms in total. The Hall–Kier alpha value is -1.88. The van der Waals surface area contributed by atoms with Gasteiger partial charge in [0.2, 0.25) is 11.8 Å². The second-order valence-electron chi connectivity index (χ2n) is 5.22. The summed E-state index contributed by atoms with van der Waals surface area (Å²) in [6, 6.07) is 6.63. The van der Waals surface area contributed by atoms with Crippen LogP contribution < -0.4 is 16.4 Å². The fourth-order valence-corrected chi connectivity index (χ4v) is 2.45. The van der Waals surface area contributed by atoms with Crippen molar-refractivity contribution in [2.75, 3.05) is 18.4 Å². The molecule has 1 heterocycles. The Labute approximate surface area is 118 Å². The molecule has 0 bridgehead atoms. The number of piperidine rings is 1. The molecule has 1 aromatic rings. The first-order chi connectivity index (χ1) is 9.65. The molecule has 2 rings (SSSR count). The van der Waals surface area contributed by atoms with Crippen molar-refractivity contribution in [2.45, 2.75) is 25.7 Å². The van der Waals surface area contributed by atoms with Crippen molar-refractivity contribution >= 4 is 17.5 Å². The van der Waals surface area contributed by atoms with E-state index in [1.165, 1.54) is 0 Å². The molecule has 2 amide bonds. The van der Waals surface area contributed by atoms with Crippen molar-refractivity contribution in [1.82, 2.24) is 5.32 Å². The molecule has 1 aliphatic heterocycles. The van der Waals surface area contributed by atoms with Crippen molar-refractivity contribution in [3.05, 3.63) is 29.8 Å². The van der Waals surface area contributed by atoms with Gasteiger partial charge in [0.25, 0.3) is 0 Å². The smallest absolute Gasteiger partial charge is 0.248 e. The average molecular weight is 275 g/mol. The highest BCUT2D eigenvalue weighted by Gasteiger charge is 2.14. The van der Waals surface area contributed by atoms with Crippen molar-refractivity contribution in [3.63, 3.8) is 0 Å². The number of benzene rings is 1. The number of anilines is 1. The van der Waals surface area contributed by atoms with Crippen LogP contribution in [-0.4, -0.2) is 24.9 Å². The van der Waals surface area contributed by atoms with Gasteiger partial charge in [0, 0.05) is 17.7 Å². The van der Waals surface area contributed by atoms with E-state index in [2.05, 4.69) is 10.6 Å². The highest BCUT2D eigenvalue weighted by Crippen LogP contribution is 2.18. The SMILES string of the molecule is NC(=O)c1ccc(NC(=O)CCC2CCNCC2)cc1. The molecule has 1 aliphatic rings. The molecule has 5 heteroatoms. The van der Waals surface area contributed by atoms with E-state index in [-0.39, 0.29) is 5.91 Å². The Morgan fingerprint density at radius 1 is 1.20 bits per heavy atom. The van der Waals surface area contributed by atoms with Gasteiger partial charge in [-0.3, -0.25) is 9.59 Å². The summed E-state index contributed by atoms with van der Waals surface area (Å²) in [6.07, 6.45) is 3.79. The summed E-state index contributed by atoms with van der Waals surface area (Å²) in [7, 11) is 0. The molecular formula is C15H21N3O2. The topological polar surface area (TPSA) is 84.2 Å². The van der Waals surface area contributed by atoms with Gasteiger partial charge in [-0.2, -0.15) is 0 Å². The summed E-state index contributed by atoms with van der Waals surface area (Å²) in [4.78, 5) is 22.8. The number of rotatable bonds is 5. The molecule has 1 aromatic carbocycles. The molecule has 0 aliphatic carbocycles. The molecule has 0 radical (unpaired) electrons. The van der Waals surface area contributed by atoms with Crippen LogP contribution >= 0.6 is 0 Å². The van der Waals surface area contributed by atoms with Crippen molar-refractivity contribution in [1.29, 1.82) is 0 Å². The van der Waals surface area contributed by atoms with Gasteiger partial charge in [0.15, 0.2) is 0 Å². The lowest BCUT2D eigenvalue weighted by Gasteiger charge is -2.22. The molecular weight excluding hydrogens is 254 g/mol. The third-order valence-electron chi connectivity index (χ3n) is 3.69. The fraction of sp³-hybridized carbons (Fsp3) is 0.467. The van der Waals surface area contributed by atoms with Gasteiger partial charge in [-0.25, -0.2) is 0 Å². The molecule has 108 valence electrons. The predicted octanol–water partition coefficient (Wildman–Crippen LogP) is 1.50. The van der Waals surface area contributed by atoms with Crippen molar-refractivity contribution in [3.8, 4) is 0 Å². The van der Waals surface area contributed by atoms with E-state index in [1.54, 1.807) is 24.3 Å². The largest absolute Gasteiger partial charge is 0.366 e.